The highest BCUT2D eigenvalue weighted by Crippen LogP contribution is 2.43. The van der Waals surface area contributed by atoms with E-state index < -0.39 is 23.8 Å². The molecule has 0 spiro atoms. The Kier molecular flexibility index (Phi) is 6.50. The van der Waals surface area contributed by atoms with Crippen LogP contribution in [0.3, 0.4) is 0 Å². The van der Waals surface area contributed by atoms with Crippen LogP contribution in [0.2, 0.25) is 0 Å². The van der Waals surface area contributed by atoms with E-state index in [1.165, 1.54) is 11.0 Å². The van der Waals surface area contributed by atoms with Crippen LogP contribution in [-0.2, 0) is 19.1 Å². The number of nitrogens with zero attached hydrogens (tertiary/aromatic N) is 3. The Morgan fingerprint density at radius 1 is 1.15 bits per heavy atom. The SMILES string of the molecule is CCOC(=O)[C@H]1C(=O)N(CCOC)c2nc3ccccc3n2[C@H]1c1ccc(O)c(OCC)c1. The molecule has 0 saturated carbocycles. The minimum atomic E-state index is -1.15. The summed E-state index contributed by atoms with van der Waals surface area (Å²) in [6.45, 7) is 4.53. The van der Waals surface area contributed by atoms with Crippen molar-refractivity contribution in [3.8, 4) is 11.5 Å². The minimum Gasteiger partial charge on any atom is -0.504 e. The zero-order valence-corrected chi connectivity index (χ0v) is 18.9. The number of fused-ring (bicyclic) bond motifs is 3. The molecular weight excluding hydrogens is 426 g/mol. The Morgan fingerprint density at radius 2 is 1.94 bits per heavy atom. The average Bonchev–Trinajstić information content (AvgIpc) is 3.19. The summed E-state index contributed by atoms with van der Waals surface area (Å²) in [6.07, 6.45) is 0. The van der Waals surface area contributed by atoms with Crippen LogP contribution in [0.5, 0.6) is 11.5 Å². The summed E-state index contributed by atoms with van der Waals surface area (Å²) in [5.41, 5.74) is 2.09. The molecule has 2 aromatic carbocycles. The van der Waals surface area contributed by atoms with Crippen molar-refractivity contribution >= 4 is 28.9 Å². The average molecular weight is 453 g/mol. The zero-order valence-electron chi connectivity index (χ0n) is 18.9. The third kappa shape index (κ3) is 4.00. The standard InChI is InChI=1S/C24H27N3O6/c1-4-32-19-14-15(10-11-18(19)28)21-20(23(30)33-5-2)22(29)26(12-13-31-3)24-25-16-8-6-7-9-17(16)27(21)24/h6-11,14,20-21,28H,4-5,12-13H2,1-3H3/t20-,21+/m1/s1. The van der Waals surface area contributed by atoms with E-state index in [1.54, 1.807) is 26.2 Å². The number of imidazole rings is 1. The van der Waals surface area contributed by atoms with Crippen molar-refractivity contribution in [3.05, 3.63) is 48.0 Å². The number of carbonyl (C=O) groups excluding carboxylic acids is 2. The first-order chi connectivity index (χ1) is 16.0. The van der Waals surface area contributed by atoms with Crippen molar-refractivity contribution in [2.75, 3.05) is 38.4 Å². The molecular formula is C24H27N3O6. The number of phenolic OH excluding ortho intramolecular Hbond substituents is 1. The number of methoxy groups -OCH3 is 1. The number of phenols is 1. The lowest BCUT2D eigenvalue weighted by Gasteiger charge is -2.38. The number of ether oxygens (including phenoxy) is 3. The number of anilines is 1. The molecule has 1 aromatic heterocycles. The Bertz CT molecular complexity index is 1170. The highest BCUT2D eigenvalue weighted by molar-refractivity contribution is 6.08. The maximum absolute atomic E-state index is 13.7. The van der Waals surface area contributed by atoms with Crippen LogP contribution in [-0.4, -0.2) is 60.0 Å². The summed E-state index contributed by atoms with van der Waals surface area (Å²) in [4.78, 5) is 33.0. The maximum atomic E-state index is 13.7. The van der Waals surface area contributed by atoms with E-state index >= 15 is 0 Å². The summed E-state index contributed by atoms with van der Waals surface area (Å²) in [5.74, 6) is -1.50. The van der Waals surface area contributed by atoms with E-state index in [-0.39, 0.29) is 31.3 Å². The first-order valence-electron chi connectivity index (χ1n) is 10.9. The molecule has 0 saturated heterocycles. The van der Waals surface area contributed by atoms with Crippen molar-refractivity contribution in [1.82, 2.24) is 9.55 Å². The molecule has 174 valence electrons. The number of esters is 1. The van der Waals surface area contributed by atoms with E-state index in [9.17, 15) is 14.7 Å². The number of carbonyl (C=O) groups is 2. The van der Waals surface area contributed by atoms with E-state index in [4.69, 9.17) is 19.2 Å². The molecule has 0 unspecified atom stereocenters. The van der Waals surface area contributed by atoms with Gasteiger partial charge in [0, 0.05) is 7.11 Å². The smallest absolute Gasteiger partial charge is 0.321 e. The molecule has 0 fully saturated rings. The molecule has 9 heteroatoms. The van der Waals surface area contributed by atoms with Gasteiger partial charge in [-0.2, -0.15) is 0 Å². The molecule has 3 aromatic rings. The molecule has 1 aliphatic heterocycles. The zero-order chi connectivity index (χ0) is 23.5. The molecule has 1 amide bonds. The van der Waals surface area contributed by atoms with Crippen molar-refractivity contribution in [3.63, 3.8) is 0 Å². The predicted octanol–water partition coefficient (Wildman–Crippen LogP) is 2.90. The quantitative estimate of drug-likeness (QED) is 0.413. The van der Waals surface area contributed by atoms with Crippen molar-refractivity contribution < 1.29 is 28.9 Å². The number of amides is 1. The summed E-state index contributed by atoms with van der Waals surface area (Å²) in [6, 6.07) is 11.6. The van der Waals surface area contributed by atoms with Crippen LogP contribution in [0.1, 0.15) is 25.5 Å². The number of aromatic nitrogens is 2. The number of aromatic hydroxyl groups is 1. The Morgan fingerprint density at radius 3 is 2.67 bits per heavy atom. The molecule has 0 aliphatic carbocycles. The van der Waals surface area contributed by atoms with E-state index in [1.807, 2.05) is 35.8 Å². The summed E-state index contributed by atoms with van der Waals surface area (Å²) >= 11 is 0. The number of rotatable bonds is 8. The summed E-state index contributed by atoms with van der Waals surface area (Å²) in [5, 5.41) is 10.2. The fourth-order valence-electron chi connectivity index (χ4n) is 4.23. The summed E-state index contributed by atoms with van der Waals surface area (Å²) < 4.78 is 18.0. The van der Waals surface area contributed by atoms with Crippen molar-refractivity contribution in [2.24, 2.45) is 5.92 Å². The predicted molar refractivity (Wildman–Crippen MR) is 121 cm³/mol. The maximum Gasteiger partial charge on any atom is 0.321 e. The summed E-state index contributed by atoms with van der Waals surface area (Å²) in [7, 11) is 1.55. The van der Waals surface area contributed by atoms with Gasteiger partial charge in [-0.05, 0) is 43.7 Å². The normalized spacial score (nSPS) is 17.8. The number of benzene rings is 2. The van der Waals surface area contributed by atoms with Gasteiger partial charge in [-0.15, -0.1) is 0 Å². The number of para-hydroxylation sites is 2. The largest absolute Gasteiger partial charge is 0.504 e. The van der Waals surface area contributed by atoms with Gasteiger partial charge in [-0.1, -0.05) is 18.2 Å². The van der Waals surface area contributed by atoms with Crippen LogP contribution in [0.25, 0.3) is 11.0 Å². The molecule has 2 atom stereocenters. The van der Waals surface area contributed by atoms with Gasteiger partial charge >= 0.3 is 5.97 Å². The first kappa shape index (κ1) is 22.6. The third-order valence-electron chi connectivity index (χ3n) is 5.63. The lowest BCUT2D eigenvalue weighted by molar-refractivity contribution is -0.153. The van der Waals surface area contributed by atoms with Crippen LogP contribution in [0, 0.1) is 5.92 Å². The van der Waals surface area contributed by atoms with E-state index in [2.05, 4.69) is 0 Å². The van der Waals surface area contributed by atoms with Gasteiger partial charge in [0.05, 0.1) is 43.4 Å². The Labute approximate surface area is 191 Å². The van der Waals surface area contributed by atoms with Crippen LogP contribution in [0.15, 0.2) is 42.5 Å². The lowest BCUT2D eigenvalue weighted by atomic mass is 9.89. The molecule has 1 aliphatic rings. The molecule has 1 N–H and O–H groups in total. The Hall–Kier alpha value is -3.59. The fraction of sp³-hybridized carbons (Fsp3) is 0.375. The van der Waals surface area contributed by atoms with Crippen LogP contribution < -0.4 is 9.64 Å². The first-order valence-corrected chi connectivity index (χ1v) is 10.9. The molecule has 33 heavy (non-hydrogen) atoms. The molecule has 9 nitrogen and oxygen atoms in total. The topological polar surface area (TPSA) is 103 Å². The van der Waals surface area contributed by atoms with Gasteiger partial charge in [-0.3, -0.25) is 14.5 Å². The third-order valence-corrected chi connectivity index (χ3v) is 5.63. The number of hydrogen-bond acceptors (Lipinski definition) is 7. The van der Waals surface area contributed by atoms with Gasteiger partial charge < -0.3 is 23.9 Å². The molecule has 0 radical (unpaired) electrons. The van der Waals surface area contributed by atoms with Gasteiger partial charge in [0.1, 0.15) is 0 Å². The monoisotopic (exact) mass is 453 g/mol. The second-order valence-electron chi connectivity index (χ2n) is 7.59. The van der Waals surface area contributed by atoms with Gasteiger partial charge in [0.25, 0.3) is 0 Å². The van der Waals surface area contributed by atoms with Crippen molar-refractivity contribution in [1.29, 1.82) is 0 Å². The second-order valence-corrected chi connectivity index (χ2v) is 7.59. The lowest BCUT2D eigenvalue weighted by Crippen LogP contribution is -2.51. The fourth-order valence-corrected chi connectivity index (χ4v) is 4.23. The highest BCUT2D eigenvalue weighted by Gasteiger charge is 2.47. The molecule has 2 heterocycles. The van der Waals surface area contributed by atoms with E-state index in [0.717, 1.165) is 5.52 Å². The molecule has 0 bridgehead atoms. The van der Waals surface area contributed by atoms with E-state index in [0.29, 0.717) is 23.6 Å². The molecule has 4 rings (SSSR count). The minimum absolute atomic E-state index is 0.0205. The second kappa shape index (κ2) is 9.50. The highest BCUT2D eigenvalue weighted by atomic mass is 16.5. The number of hydrogen-bond donors (Lipinski definition) is 1. The van der Waals surface area contributed by atoms with Gasteiger partial charge in [-0.25, -0.2) is 4.98 Å². The van der Waals surface area contributed by atoms with Crippen LogP contribution in [0.4, 0.5) is 5.95 Å². The van der Waals surface area contributed by atoms with Gasteiger partial charge in [0.15, 0.2) is 17.4 Å². The Balaban J connectivity index is 1.98. The van der Waals surface area contributed by atoms with Crippen LogP contribution >= 0.6 is 0 Å². The van der Waals surface area contributed by atoms with Crippen molar-refractivity contribution in [2.45, 2.75) is 19.9 Å². The van der Waals surface area contributed by atoms with Gasteiger partial charge in [0.2, 0.25) is 11.9 Å².